The molecule has 1 aliphatic heterocycles. The van der Waals surface area contributed by atoms with Crippen LogP contribution in [0.4, 0.5) is 0 Å². The van der Waals surface area contributed by atoms with Gasteiger partial charge in [-0.2, -0.15) is 0 Å². The van der Waals surface area contributed by atoms with Gasteiger partial charge in [0.25, 0.3) is 5.91 Å². The first-order valence-corrected chi connectivity index (χ1v) is 15.9. The van der Waals surface area contributed by atoms with E-state index in [1.54, 1.807) is 7.11 Å². The number of aromatic nitrogens is 2. The molecule has 0 aliphatic carbocycles. The normalized spacial score (nSPS) is 14.2. The van der Waals surface area contributed by atoms with Crippen molar-refractivity contribution in [3.05, 3.63) is 59.4 Å². The molecule has 1 fully saturated rings. The first-order chi connectivity index (χ1) is 20.2. The summed E-state index contributed by atoms with van der Waals surface area (Å²) in [7, 11) is 1.64. The molecule has 3 aromatic rings. The lowest BCUT2D eigenvalue weighted by Crippen LogP contribution is -2.34. The summed E-state index contributed by atoms with van der Waals surface area (Å²) in [5, 5.41) is 0. The van der Waals surface area contributed by atoms with E-state index in [1.807, 2.05) is 47.4 Å². The van der Waals surface area contributed by atoms with Crippen molar-refractivity contribution in [2.45, 2.75) is 79.2 Å². The average Bonchev–Trinajstić information content (AvgIpc) is 3.35. The molecule has 0 atom stereocenters. The summed E-state index contributed by atoms with van der Waals surface area (Å²) in [4.78, 5) is 36.8. The zero-order valence-corrected chi connectivity index (χ0v) is 26.4. The van der Waals surface area contributed by atoms with Crippen molar-refractivity contribution in [3.8, 4) is 5.75 Å². The zero-order chi connectivity index (χ0) is 30.1. The van der Waals surface area contributed by atoms with Gasteiger partial charge in [-0.15, -0.1) is 0 Å². The summed E-state index contributed by atoms with van der Waals surface area (Å²) in [5.41, 5.74) is 3.22. The second-order valence-electron chi connectivity index (χ2n) is 12.7. The molecule has 0 N–H and O–H groups in total. The second kappa shape index (κ2) is 15.3. The summed E-state index contributed by atoms with van der Waals surface area (Å²) < 4.78 is 7.34. The van der Waals surface area contributed by atoms with Crippen LogP contribution in [-0.4, -0.2) is 70.9 Å². The Bertz CT molecular complexity index is 1290. The second-order valence-corrected chi connectivity index (χ2v) is 12.7. The van der Waals surface area contributed by atoms with Crippen LogP contribution in [0, 0.1) is 11.8 Å². The van der Waals surface area contributed by atoms with Gasteiger partial charge >= 0.3 is 0 Å². The number of aryl methyl sites for hydroxylation is 1. The van der Waals surface area contributed by atoms with Gasteiger partial charge in [-0.25, -0.2) is 4.98 Å². The number of hydrogen-bond donors (Lipinski definition) is 0. The Labute approximate surface area is 252 Å². The smallest absolute Gasteiger partial charge is 0.253 e. The van der Waals surface area contributed by atoms with Crippen LogP contribution in [0.1, 0.15) is 92.8 Å². The van der Waals surface area contributed by atoms with Gasteiger partial charge in [0.05, 0.1) is 18.1 Å². The Hall–Kier alpha value is -3.19. The van der Waals surface area contributed by atoms with Crippen molar-refractivity contribution >= 4 is 22.7 Å². The van der Waals surface area contributed by atoms with Crippen LogP contribution in [0.25, 0.3) is 11.0 Å². The number of fused-ring (bicyclic) bond motifs is 1. The third-order valence-corrected chi connectivity index (χ3v) is 8.31. The van der Waals surface area contributed by atoms with E-state index in [1.165, 1.54) is 19.3 Å². The van der Waals surface area contributed by atoms with Gasteiger partial charge in [0.1, 0.15) is 5.75 Å². The number of nitrogens with zero attached hydrogens (tertiary/aromatic N) is 4. The minimum absolute atomic E-state index is 0.0160. The number of methoxy groups -OCH3 is 1. The third kappa shape index (κ3) is 8.66. The van der Waals surface area contributed by atoms with Gasteiger partial charge in [-0.1, -0.05) is 46.2 Å². The Morgan fingerprint density at radius 2 is 1.57 bits per heavy atom. The number of ether oxygens (including phenoxy) is 1. The Morgan fingerprint density at radius 1 is 0.905 bits per heavy atom. The van der Waals surface area contributed by atoms with Crippen molar-refractivity contribution in [2.75, 3.05) is 39.8 Å². The first kappa shape index (κ1) is 31.7. The standard InChI is InChI=1S/C35H50N4O3/c1-26(2)16-22-38(23-17-27(3)4)35(41)29-12-15-31-32(25-29)39(21-9-20-37-18-7-6-8-19-37)34(36-31)33(40)24-28-10-13-30(42-5)14-11-28/h10-15,25-27H,6-9,16-24H2,1-5H3. The fourth-order valence-electron chi connectivity index (χ4n) is 5.66. The first-order valence-electron chi connectivity index (χ1n) is 15.9. The molecular weight excluding hydrogens is 524 g/mol. The van der Waals surface area contributed by atoms with E-state index in [0.717, 1.165) is 74.3 Å². The van der Waals surface area contributed by atoms with Gasteiger partial charge in [0, 0.05) is 31.6 Å². The van der Waals surface area contributed by atoms with E-state index in [-0.39, 0.29) is 18.1 Å². The maximum absolute atomic E-state index is 13.8. The molecule has 228 valence electrons. The number of benzene rings is 2. The van der Waals surface area contributed by atoms with Gasteiger partial charge < -0.3 is 19.1 Å². The molecule has 42 heavy (non-hydrogen) atoms. The quantitative estimate of drug-likeness (QED) is 0.185. The summed E-state index contributed by atoms with van der Waals surface area (Å²) in [6.07, 6.45) is 6.99. The number of likely N-dealkylation sites (tertiary alicyclic amines) is 1. The fraction of sp³-hybridized carbons (Fsp3) is 0.571. The van der Waals surface area contributed by atoms with Gasteiger partial charge in [-0.3, -0.25) is 9.59 Å². The third-order valence-electron chi connectivity index (χ3n) is 8.31. The van der Waals surface area contributed by atoms with Crippen LogP contribution in [0.3, 0.4) is 0 Å². The van der Waals surface area contributed by atoms with Crippen molar-refractivity contribution in [1.82, 2.24) is 19.4 Å². The highest BCUT2D eigenvalue weighted by Gasteiger charge is 2.22. The van der Waals surface area contributed by atoms with Crippen LogP contribution in [0.5, 0.6) is 5.75 Å². The molecule has 0 saturated carbocycles. The van der Waals surface area contributed by atoms with Crippen LogP contribution < -0.4 is 4.74 Å². The highest BCUT2D eigenvalue weighted by atomic mass is 16.5. The van der Waals surface area contributed by atoms with E-state index in [2.05, 4.69) is 37.2 Å². The van der Waals surface area contributed by atoms with Gasteiger partial charge in [-0.05, 0) is 99.5 Å². The molecule has 1 saturated heterocycles. The average molecular weight is 575 g/mol. The number of carbonyl (C=O) groups is 2. The van der Waals surface area contributed by atoms with E-state index < -0.39 is 0 Å². The monoisotopic (exact) mass is 574 g/mol. The van der Waals surface area contributed by atoms with Gasteiger partial charge in [0.2, 0.25) is 5.78 Å². The van der Waals surface area contributed by atoms with E-state index in [4.69, 9.17) is 9.72 Å². The lowest BCUT2D eigenvalue weighted by molar-refractivity contribution is 0.0740. The minimum Gasteiger partial charge on any atom is -0.497 e. The lowest BCUT2D eigenvalue weighted by atomic mass is 10.1. The SMILES string of the molecule is COc1ccc(CC(=O)c2nc3ccc(C(=O)N(CCC(C)C)CCC(C)C)cc3n2CCCN2CCCCC2)cc1. The molecule has 2 aromatic carbocycles. The summed E-state index contributed by atoms with van der Waals surface area (Å²) in [5.74, 6) is 2.35. The molecule has 1 amide bonds. The highest BCUT2D eigenvalue weighted by molar-refractivity contribution is 6.00. The van der Waals surface area contributed by atoms with Crippen molar-refractivity contribution < 1.29 is 14.3 Å². The van der Waals surface area contributed by atoms with Crippen molar-refractivity contribution in [3.63, 3.8) is 0 Å². The molecule has 0 bridgehead atoms. The number of hydrogen-bond acceptors (Lipinski definition) is 5. The number of piperidine rings is 1. The molecule has 0 radical (unpaired) electrons. The van der Waals surface area contributed by atoms with Crippen LogP contribution in [0.2, 0.25) is 0 Å². The molecule has 0 unspecified atom stereocenters. The van der Waals surface area contributed by atoms with Crippen LogP contribution in [0.15, 0.2) is 42.5 Å². The van der Waals surface area contributed by atoms with Crippen molar-refractivity contribution in [1.29, 1.82) is 0 Å². The molecule has 0 spiro atoms. The van der Waals surface area contributed by atoms with E-state index in [9.17, 15) is 9.59 Å². The van der Waals surface area contributed by atoms with Crippen LogP contribution in [-0.2, 0) is 13.0 Å². The topological polar surface area (TPSA) is 67.7 Å². The van der Waals surface area contributed by atoms with E-state index in [0.29, 0.717) is 29.8 Å². The number of Topliss-reactive ketones (excluding diaryl/α,β-unsaturated/α-hetero) is 1. The Morgan fingerprint density at radius 3 is 2.19 bits per heavy atom. The molecule has 4 rings (SSSR count). The summed E-state index contributed by atoms with van der Waals surface area (Å²) in [6, 6.07) is 13.4. The molecule has 7 heteroatoms. The number of imidazole rings is 1. The van der Waals surface area contributed by atoms with Crippen molar-refractivity contribution in [2.24, 2.45) is 11.8 Å². The largest absolute Gasteiger partial charge is 0.497 e. The highest BCUT2D eigenvalue weighted by Crippen LogP contribution is 2.23. The number of ketones is 1. The van der Waals surface area contributed by atoms with E-state index >= 15 is 0 Å². The maximum atomic E-state index is 13.8. The summed E-state index contributed by atoms with van der Waals surface area (Å²) >= 11 is 0. The number of amides is 1. The fourth-order valence-corrected chi connectivity index (χ4v) is 5.66. The maximum Gasteiger partial charge on any atom is 0.253 e. The molecule has 1 aromatic heterocycles. The summed E-state index contributed by atoms with van der Waals surface area (Å²) in [6.45, 7) is 14.3. The predicted octanol–water partition coefficient (Wildman–Crippen LogP) is 6.88. The van der Waals surface area contributed by atoms with Gasteiger partial charge in [0.15, 0.2) is 5.82 Å². The minimum atomic E-state index is -0.0160. The molecular formula is C35H50N4O3. The zero-order valence-electron chi connectivity index (χ0n) is 26.4. The predicted molar refractivity (Wildman–Crippen MR) is 170 cm³/mol. The lowest BCUT2D eigenvalue weighted by Gasteiger charge is -2.26. The molecule has 7 nitrogen and oxygen atoms in total. The Kier molecular flexibility index (Phi) is 11.6. The Balaban J connectivity index is 1.62. The molecule has 2 heterocycles. The molecule has 1 aliphatic rings. The number of rotatable bonds is 15. The van der Waals surface area contributed by atoms with Crippen LogP contribution >= 0.6 is 0 Å². The number of carbonyl (C=O) groups excluding carboxylic acids is 2.